The summed E-state index contributed by atoms with van der Waals surface area (Å²) in [5, 5.41) is 6.44. The summed E-state index contributed by atoms with van der Waals surface area (Å²) in [6, 6.07) is 0.682. The molecule has 5 heteroatoms. The number of amides is 1. The van der Waals surface area contributed by atoms with Crippen LogP contribution in [0.25, 0.3) is 0 Å². The standard InChI is InChI=1S/C16H32N2O3/c1-12(2)11-20-9-8-17-13-6-7-14(10-13)18-15(19)21-16(3,4)5/h12-14,17H,6-11H2,1-5H3,(H,18,19). The van der Waals surface area contributed by atoms with E-state index in [-0.39, 0.29) is 12.1 Å². The monoisotopic (exact) mass is 300 g/mol. The van der Waals surface area contributed by atoms with Crippen LogP contribution in [-0.4, -0.2) is 43.5 Å². The minimum absolute atomic E-state index is 0.217. The van der Waals surface area contributed by atoms with Crippen LogP contribution in [-0.2, 0) is 9.47 Å². The second-order valence-electron chi connectivity index (χ2n) is 7.28. The first-order chi connectivity index (χ1) is 9.76. The van der Waals surface area contributed by atoms with Crippen LogP contribution >= 0.6 is 0 Å². The molecular formula is C16H32N2O3. The Balaban J connectivity index is 2.11. The van der Waals surface area contributed by atoms with E-state index in [9.17, 15) is 4.79 Å². The van der Waals surface area contributed by atoms with Crippen LogP contribution in [0.4, 0.5) is 4.79 Å². The molecule has 124 valence electrons. The normalized spacial score (nSPS) is 22.6. The van der Waals surface area contributed by atoms with Crippen molar-refractivity contribution >= 4 is 6.09 Å². The first-order valence-corrected chi connectivity index (χ1v) is 8.07. The van der Waals surface area contributed by atoms with Crippen molar-refractivity contribution in [2.75, 3.05) is 19.8 Å². The summed E-state index contributed by atoms with van der Waals surface area (Å²) in [4.78, 5) is 11.7. The van der Waals surface area contributed by atoms with Crippen molar-refractivity contribution < 1.29 is 14.3 Å². The quantitative estimate of drug-likeness (QED) is 0.710. The molecule has 2 unspecified atom stereocenters. The largest absolute Gasteiger partial charge is 0.444 e. The topological polar surface area (TPSA) is 59.6 Å². The van der Waals surface area contributed by atoms with E-state index in [1.807, 2.05) is 20.8 Å². The van der Waals surface area contributed by atoms with Crippen molar-refractivity contribution in [1.82, 2.24) is 10.6 Å². The number of nitrogens with one attached hydrogen (secondary N) is 2. The van der Waals surface area contributed by atoms with Gasteiger partial charge in [-0.15, -0.1) is 0 Å². The molecule has 2 N–H and O–H groups in total. The fraction of sp³-hybridized carbons (Fsp3) is 0.938. The molecular weight excluding hydrogens is 268 g/mol. The van der Waals surface area contributed by atoms with Crippen LogP contribution in [0.5, 0.6) is 0 Å². The second kappa shape index (κ2) is 8.59. The van der Waals surface area contributed by atoms with E-state index in [1.165, 1.54) is 0 Å². The Morgan fingerprint density at radius 2 is 1.90 bits per heavy atom. The molecule has 0 aromatic carbocycles. The van der Waals surface area contributed by atoms with Gasteiger partial charge >= 0.3 is 6.09 Å². The van der Waals surface area contributed by atoms with Crippen LogP contribution < -0.4 is 10.6 Å². The van der Waals surface area contributed by atoms with E-state index in [1.54, 1.807) is 0 Å². The number of hydrogen-bond acceptors (Lipinski definition) is 4. The molecule has 1 aliphatic rings. The Morgan fingerprint density at radius 1 is 1.24 bits per heavy atom. The molecule has 0 spiro atoms. The van der Waals surface area contributed by atoms with Gasteiger partial charge in [0, 0.05) is 25.2 Å². The Labute approximate surface area is 129 Å². The molecule has 1 rings (SSSR count). The Hall–Kier alpha value is -0.810. The molecule has 0 heterocycles. The third-order valence-electron chi connectivity index (χ3n) is 3.28. The van der Waals surface area contributed by atoms with Crippen LogP contribution in [0, 0.1) is 5.92 Å². The molecule has 2 atom stereocenters. The Kier molecular flexibility index (Phi) is 7.46. The van der Waals surface area contributed by atoms with E-state index in [2.05, 4.69) is 24.5 Å². The van der Waals surface area contributed by atoms with Gasteiger partial charge in [-0.2, -0.15) is 0 Å². The third kappa shape index (κ3) is 8.94. The highest BCUT2D eigenvalue weighted by molar-refractivity contribution is 5.68. The number of carbonyl (C=O) groups is 1. The van der Waals surface area contributed by atoms with Gasteiger partial charge in [-0.1, -0.05) is 13.8 Å². The zero-order valence-corrected chi connectivity index (χ0v) is 14.2. The van der Waals surface area contributed by atoms with Crippen molar-refractivity contribution in [2.24, 2.45) is 5.92 Å². The van der Waals surface area contributed by atoms with Gasteiger partial charge < -0.3 is 20.1 Å². The first-order valence-electron chi connectivity index (χ1n) is 8.07. The molecule has 0 radical (unpaired) electrons. The van der Waals surface area contributed by atoms with Gasteiger partial charge in [0.05, 0.1) is 6.61 Å². The van der Waals surface area contributed by atoms with Gasteiger partial charge in [-0.3, -0.25) is 0 Å². The zero-order chi connectivity index (χ0) is 15.9. The van der Waals surface area contributed by atoms with Crippen molar-refractivity contribution in [3.05, 3.63) is 0 Å². The number of carbonyl (C=O) groups excluding carboxylic acids is 1. The van der Waals surface area contributed by atoms with Gasteiger partial charge in [-0.05, 0) is 46.0 Å². The molecule has 1 saturated carbocycles. The summed E-state index contributed by atoms with van der Waals surface area (Å²) < 4.78 is 10.8. The lowest BCUT2D eigenvalue weighted by Gasteiger charge is -2.21. The molecule has 0 saturated heterocycles. The second-order valence-corrected chi connectivity index (χ2v) is 7.28. The molecule has 1 aliphatic carbocycles. The van der Waals surface area contributed by atoms with E-state index in [4.69, 9.17) is 9.47 Å². The Morgan fingerprint density at radius 3 is 2.52 bits per heavy atom. The van der Waals surface area contributed by atoms with Crippen molar-refractivity contribution in [3.63, 3.8) is 0 Å². The maximum absolute atomic E-state index is 11.7. The van der Waals surface area contributed by atoms with Crippen molar-refractivity contribution in [2.45, 2.75) is 71.6 Å². The predicted molar refractivity (Wildman–Crippen MR) is 84.5 cm³/mol. The highest BCUT2D eigenvalue weighted by Crippen LogP contribution is 2.19. The van der Waals surface area contributed by atoms with E-state index < -0.39 is 5.60 Å². The summed E-state index contributed by atoms with van der Waals surface area (Å²) >= 11 is 0. The van der Waals surface area contributed by atoms with E-state index in [0.717, 1.165) is 39.0 Å². The van der Waals surface area contributed by atoms with Gasteiger partial charge in [0.15, 0.2) is 0 Å². The maximum atomic E-state index is 11.7. The summed E-state index contributed by atoms with van der Waals surface area (Å²) in [6.07, 6.45) is 2.74. The fourth-order valence-electron chi connectivity index (χ4n) is 2.43. The first kappa shape index (κ1) is 18.2. The summed E-state index contributed by atoms with van der Waals surface area (Å²) in [5.74, 6) is 0.582. The average molecular weight is 300 g/mol. The fourth-order valence-corrected chi connectivity index (χ4v) is 2.43. The summed E-state index contributed by atoms with van der Waals surface area (Å²) in [6.45, 7) is 12.4. The van der Waals surface area contributed by atoms with Gasteiger partial charge in [0.25, 0.3) is 0 Å². The van der Waals surface area contributed by atoms with E-state index in [0.29, 0.717) is 12.0 Å². The molecule has 21 heavy (non-hydrogen) atoms. The number of alkyl carbamates (subject to hydrolysis) is 1. The number of ether oxygens (including phenoxy) is 2. The smallest absolute Gasteiger partial charge is 0.407 e. The Bertz CT molecular complexity index is 313. The molecule has 0 aromatic heterocycles. The van der Waals surface area contributed by atoms with Crippen LogP contribution in [0.2, 0.25) is 0 Å². The molecule has 1 fully saturated rings. The molecule has 1 amide bonds. The highest BCUT2D eigenvalue weighted by atomic mass is 16.6. The molecule has 0 bridgehead atoms. The van der Waals surface area contributed by atoms with Gasteiger partial charge in [-0.25, -0.2) is 4.79 Å². The van der Waals surface area contributed by atoms with Crippen LogP contribution in [0.1, 0.15) is 53.9 Å². The average Bonchev–Trinajstić information content (AvgIpc) is 2.73. The SMILES string of the molecule is CC(C)COCCNC1CCC(NC(=O)OC(C)(C)C)C1. The molecule has 0 aromatic rings. The lowest BCUT2D eigenvalue weighted by atomic mass is 10.2. The van der Waals surface area contributed by atoms with Gasteiger partial charge in [0.2, 0.25) is 0 Å². The van der Waals surface area contributed by atoms with E-state index >= 15 is 0 Å². The molecule has 0 aliphatic heterocycles. The minimum Gasteiger partial charge on any atom is -0.444 e. The highest BCUT2D eigenvalue weighted by Gasteiger charge is 2.27. The predicted octanol–water partition coefficient (Wildman–Crippen LogP) is 2.69. The van der Waals surface area contributed by atoms with Crippen molar-refractivity contribution in [3.8, 4) is 0 Å². The minimum atomic E-state index is -0.436. The van der Waals surface area contributed by atoms with Crippen LogP contribution in [0.3, 0.4) is 0 Å². The molecule has 5 nitrogen and oxygen atoms in total. The maximum Gasteiger partial charge on any atom is 0.407 e. The zero-order valence-electron chi connectivity index (χ0n) is 14.2. The lowest BCUT2D eigenvalue weighted by molar-refractivity contribution is 0.0505. The number of hydrogen-bond donors (Lipinski definition) is 2. The summed E-state index contributed by atoms with van der Waals surface area (Å²) in [5.41, 5.74) is -0.436. The van der Waals surface area contributed by atoms with Crippen molar-refractivity contribution in [1.29, 1.82) is 0 Å². The van der Waals surface area contributed by atoms with Crippen LogP contribution in [0.15, 0.2) is 0 Å². The third-order valence-corrected chi connectivity index (χ3v) is 3.28. The summed E-state index contributed by atoms with van der Waals surface area (Å²) in [7, 11) is 0. The lowest BCUT2D eigenvalue weighted by Crippen LogP contribution is -2.39. The number of rotatable bonds is 7. The van der Waals surface area contributed by atoms with Gasteiger partial charge in [0.1, 0.15) is 5.60 Å².